The highest BCUT2D eigenvalue weighted by atomic mass is 32.1. The minimum absolute atomic E-state index is 0.0525. The van der Waals surface area contributed by atoms with Crippen LogP contribution >= 0.6 is 12.2 Å². The second-order valence-corrected chi connectivity index (χ2v) is 7.45. The summed E-state index contributed by atoms with van der Waals surface area (Å²) < 4.78 is 10.9. The fourth-order valence-electron chi connectivity index (χ4n) is 3.15. The third-order valence-corrected chi connectivity index (χ3v) is 5.05. The van der Waals surface area contributed by atoms with Gasteiger partial charge in [-0.15, -0.1) is 0 Å². The minimum atomic E-state index is -1.04. The molecule has 0 bridgehead atoms. The molecular formula is C19H36O5S. The smallest absolute Gasteiger partial charge is 0.160 e. The van der Waals surface area contributed by atoms with E-state index in [0.717, 1.165) is 12.8 Å². The fraction of sp³-hybridized carbons (Fsp3) is 0.947. The Balaban J connectivity index is 2.04. The summed E-state index contributed by atoms with van der Waals surface area (Å²) in [6.07, 6.45) is 9.88. The van der Waals surface area contributed by atoms with E-state index in [2.05, 4.69) is 6.92 Å². The van der Waals surface area contributed by atoms with Crippen molar-refractivity contribution in [2.24, 2.45) is 0 Å². The van der Waals surface area contributed by atoms with Crippen LogP contribution in [0.4, 0.5) is 0 Å². The van der Waals surface area contributed by atoms with E-state index < -0.39 is 24.4 Å². The minimum Gasteiger partial charge on any atom is -0.479 e. The van der Waals surface area contributed by atoms with Gasteiger partial charge in [-0.2, -0.15) is 0 Å². The van der Waals surface area contributed by atoms with E-state index in [4.69, 9.17) is 21.7 Å². The Morgan fingerprint density at radius 3 is 2.08 bits per heavy atom. The van der Waals surface area contributed by atoms with Crippen molar-refractivity contribution >= 4 is 17.3 Å². The molecule has 1 aliphatic rings. The molecule has 1 fully saturated rings. The Hall–Kier alpha value is -0.270. The Kier molecular flexibility index (Phi) is 12.6. The van der Waals surface area contributed by atoms with Crippen molar-refractivity contribution in [3.05, 3.63) is 0 Å². The first-order valence-corrected chi connectivity index (χ1v) is 10.3. The largest absolute Gasteiger partial charge is 0.479 e. The SMILES string of the molecule is CCCCCCCCCCCCC(=S)OC(CO)C1OCC(O)C1O. The summed E-state index contributed by atoms with van der Waals surface area (Å²) in [5.41, 5.74) is 0. The molecule has 4 atom stereocenters. The first-order valence-electron chi connectivity index (χ1n) is 9.88. The molecule has 1 saturated heterocycles. The van der Waals surface area contributed by atoms with Crippen LogP contribution in [-0.4, -0.2) is 58.0 Å². The van der Waals surface area contributed by atoms with Gasteiger partial charge in [0.05, 0.1) is 13.2 Å². The summed E-state index contributed by atoms with van der Waals surface area (Å²) >= 11 is 5.23. The maximum Gasteiger partial charge on any atom is 0.160 e. The van der Waals surface area contributed by atoms with Gasteiger partial charge in [-0.05, 0) is 18.6 Å². The average Bonchev–Trinajstić information content (AvgIpc) is 2.93. The molecule has 0 aliphatic carbocycles. The first-order chi connectivity index (χ1) is 12.1. The molecule has 0 aromatic heterocycles. The van der Waals surface area contributed by atoms with Crippen LogP contribution in [0.15, 0.2) is 0 Å². The number of hydrogen-bond donors (Lipinski definition) is 3. The molecular weight excluding hydrogens is 340 g/mol. The van der Waals surface area contributed by atoms with Gasteiger partial charge in [0, 0.05) is 6.42 Å². The molecule has 0 aromatic carbocycles. The Morgan fingerprint density at radius 2 is 1.60 bits per heavy atom. The summed E-state index contributed by atoms with van der Waals surface area (Å²) in [5.74, 6) is 0. The number of aliphatic hydroxyl groups is 3. The molecule has 1 heterocycles. The monoisotopic (exact) mass is 376 g/mol. The van der Waals surface area contributed by atoms with Gasteiger partial charge in [0.1, 0.15) is 18.3 Å². The predicted octanol–water partition coefficient (Wildman–Crippen LogP) is 3.12. The second kappa shape index (κ2) is 13.9. The third-order valence-electron chi connectivity index (χ3n) is 4.75. The molecule has 0 amide bonds. The fourth-order valence-corrected chi connectivity index (χ4v) is 3.41. The standard InChI is InChI=1S/C19H36O5S/c1-2-3-4-5-6-7-8-9-10-11-12-17(25)24-16(13-20)19-18(22)15(21)14-23-19/h15-16,18-22H,2-14H2,1H3. The topological polar surface area (TPSA) is 79.2 Å². The lowest BCUT2D eigenvalue weighted by molar-refractivity contribution is -0.0621. The van der Waals surface area contributed by atoms with Gasteiger partial charge in [0.25, 0.3) is 0 Å². The van der Waals surface area contributed by atoms with Crippen molar-refractivity contribution < 1.29 is 24.8 Å². The lowest BCUT2D eigenvalue weighted by Crippen LogP contribution is -2.42. The van der Waals surface area contributed by atoms with Crippen molar-refractivity contribution in [2.75, 3.05) is 13.2 Å². The molecule has 1 aliphatic heterocycles. The quantitative estimate of drug-likeness (QED) is 0.319. The van der Waals surface area contributed by atoms with Crippen molar-refractivity contribution in [3.63, 3.8) is 0 Å². The van der Waals surface area contributed by atoms with E-state index in [0.29, 0.717) is 11.5 Å². The summed E-state index contributed by atoms with van der Waals surface area (Å²) in [6, 6.07) is 0. The van der Waals surface area contributed by atoms with Crippen LogP contribution in [-0.2, 0) is 9.47 Å². The van der Waals surface area contributed by atoms with Gasteiger partial charge >= 0.3 is 0 Å². The summed E-state index contributed by atoms with van der Waals surface area (Å²) in [4.78, 5) is 0. The molecule has 4 unspecified atom stereocenters. The maximum absolute atomic E-state index is 9.83. The van der Waals surface area contributed by atoms with Crippen molar-refractivity contribution in [1.82, 2.24) is 0 Å². The number of hydrogen-bond acceptors (Lipinski definition) is 6. The van der Waals surface area contributed by atoms with Crippen LogP contribution in [0.2, 0.25) is 0 Å². The zero-order valence-corrected chi connectivity index (χ0v) is 16.4. The zero-order valence-electron chi connectivity index (χ0n) is 15.6. The summed E-state index contributed by atoms with van der Waals surface area (Å²) in [6.45, 7) is 1.99. The van der Waals surface area contributed by atoms with E-state index in [1.165, 1.54) is 51.4 Å². The van der Waals surface area contributed by atoms with Gasteiger partial charge in [-0.3, -0.25) is 0 Å². The average molecular weight is 377 g/mol. The molecule has 1 rings (SSSR count). The summed E-state index contributed by atoms with van der Waals surface area (Å²) in [7, 11) is 0. The van der Waals surface area contributed by atoms with Crippen LogP contribution in [0.1, 0.15) is 77.6 Å². The van der Waals surface area contributed by atoms with Gasteiger partial charge < -0.3 is 24.8 Å². The Morgan fingerprint density at radius 1 is 1.04 bits per heavy atom. The number of thiocarbonyl (C=S) groups is 1. The number of unbranched alkanes of at least 4 members (excludes halogenated alkanes) is 9. The van der Waals surface area contributed by atoms with E-state index in [1.54, 1.807) is 0 Å². The Bertz CT molecular complexity index is 353. The molecule has 3 N–H and O–H groups in total. The highest BCUT2D eigenvalue weighted by Gasteiger charge is 2.41. The maximum atomic E-state index is 9.83. The van der Waals surface area contributed by atoms with E-state index in [9.17, 15) is 15.3 Å². The number of rotatable bonds is 14. The van der Waals surface area contributed by atoms with E-state index in [-0.39, 0.29) is 13.2 Å². The van der Waals surface area contributed by atoms with Crippen LogP contribution < -0.4 is 0 Å². The van der Waals surface area contributed by atoms with Crippen LogP contribution in [0.5, 0.6) is 0 Å². The van der Waals surface area contributed by atoms with Gasteiger partial charge in [-0.25, -0.2) is 0 Å². The van der Waals surface area contributed by atoms with Crippen molar-refractivity contribution in [2.45, 2.75) is 102 Å². The van der Waals surface area contributed by atoms with Crippen molar-refractivity contribution in [1.29, 1.82) is 0 Å². The van der Waals surface area contributed by atoms with Gasteiger partial charge in [-0.1, -0.05) is 64.7 Å². The molecule has 0 radical (unpaired) electrons. The zero-order chi connectivity index (χ0) is 18.5. The van der Waals surface area contributed by atoms with Crippen LogP contribution in [0.3, 0.4) is 0 Å². The van der Waals surface area contributed by atoms with Gasteiger partial charge in [0.2, 0.25) is 0 Å². The first kappa shape index (κ1) is 22.8. The molecule has 148 valence electrons. The van der Waals surface area contributed by atoms with Crippen LogP contribution in [0.25, 0.3) is 0 Å². The lowest BCUT2D eigenvalue weighted by atomic mass is 10.1. The number of ether oxygens (including phenoxy) is 2. The lowest BCUT2D eigenvalue weighted by Gasteiger charge is -2.25. The van der Waals surface area contributed by atoms with Gasteiger partial charge in [0.15, 0.2) is 11.2 Å². The third kappa shape index (κ3) is 9.29. The highest BCUT2D eigenvalue weighted by molar-refractivity contribution is 7.80. The molecule has 6 heteroatoms. The van der Waals surface area contributed by atoms with Crippen molar-refractivity contribution in [3.8, 4) is 0 Å². The molecule has 5 nitrogen and oxygen atoms in total. The Labute approximate surface area is 157 Å². The molecule has 0 aromatic rings. The van der Waals surface area contributed by atoms with Crippen LogP contribution in [0, 0.1) is 0 Å². The molecule has 0 spiro atoms. The molecule has 0 saturated carbocycles. The second-order valence-electron chi connectivity index (χ2n) is 7.00. The van der Waals surface area contributed by atoms with E-state index in [1.807, 2.05) is 0 Å². The molecule has 25 heavy (non-hydrogen) atoms. The normalized spacial score (nSPS) is 24.4. The number of aliphatic hydroxyl groups excluding tert-OH is 3. The highest BCUT2D eigenvalue weighted by Crippen LogP contribution is 2.20. The predicted molar refractivity (Wildman–Crippen MR) is 103 cm³/mol. The summed E-state index contributed by atoms with van der Waals surface area (Å²) in [5, 5.41) is 29.2. The van der Waals surface area contributed by atoms with E-state index >= 15 is 0 Å².